The number of esters is 1. The molecule has 0 radical (unpaired) electrons. The smallest absolute Gasteiger partial charge is 0.373 e. The lowest BCUT2D eigenvalue weighted by Crippen LogP contribution is -2.30. The van der Waals surface area contributed by atoms with Gasteiger partial charge < -0.3 is 29.7 Å². The van der Waals surface area contributed by atoms with Gasteiger partial charge in [0.15, 0.2) is 18.1 Å². The van der Waals surface area contributed by atoms with Gasteiger partial charge in [-0.15, -0.1) is 0 Å². The number of nitrogens with two attached hydrogens (primary N) is 1. The molecule has 0 atom stereocenters. The van der Waals surface area contributed by atoms with Gasteiger partial charge in [0.25, 0.3) is 11.8 Å². The molecule has 0 bridgehead atoms. The minimum atomic E-state index is -0.686. The molecule has 1 aliphatic rings. The van der Waals surface area contributed by atoms with E-state index < -0.39 is 30.4 Å². The maximum absolute atomic E-state index is 12.8. The summed E-state index contributed by atoms with van der Waals surface area (Å²) in [4.78, 5) is 48.5. The van der Waals surface area contributed by atoms with E-state index in [0.29, 0.717) is 5.56 Å². The Morgan fingerprint density at radius 2 is 2.00 bits per heavy atom. The van der Waals surface area contributed by atoms with Crippen LogP contribution in [0.4, 0.5) is 4.79 Å². The molecule has 0 saturated carbocycles. The van der Waals surface area contributed by atoms with Crippen LogP contribution in [0.1, 0.15) is 28.8 Å². The highest BCUT2D eigenvalue weighted by Gasteiger charge is 2.34. The van der Waals surface area contributed by atoms with Gasteiger partial charge in [-0.3, -0.25) is 14.5 Å². The fourth-order valence-corrected chi connectivity index (χ4v) is 3.20. The number of imide groups is 1. The maximum atomic E-state index is 12.8. The summed E-state index contributed by atoms with van der Waals surface area (Å²) in [7, 11) is 1.21. The molecule has 4 amide bonds. The van der Waals surface area contributed by atoms with Crippen LogP contribution < -0.4 is 20.5 Å². The second kappa shape index (κ2) is 10.1. The number of carbonyl (C=O) groups excluding carboxylic acids is 4. The third-order valence-corrected chi connectivity index (χ3v) is 4.61. The SMILES string of the molecule is CCOc1cc(C=C2NC(=O)N(Cc3ccc(C(=O)OC)o3)C2=O)cc(Cl)c1OCC(N)=O. The minimum absolute atomic E-state index is 0.0101. The topological polar surface area (TPSA) is 150 Å². The second-order valence-electron chi connectivity index (χ2n) is 6.65. The number of rotatable bonds is 9. The third kappa shape index (κ3) is 5.44. The number of nitrogens with zero attached hydrogens (tertiary/aromatic N) is 1. The minimum Gasteiger partial charge on any atom is -0.490 e. The van der Waals surface area contributed by atoms with Crippen LogP contribution in [-0.2, 0) is 20.9 Å². The van der Waals surface area contributed by atoms with Crippen molar-refractivity contribution in [2.45, 2.75) is 13.5 Å². The lowest BCUT2D eigenvalue weighted by Gasteiger charge is -2.13. The summed E-state index contributed by atoms with van der Waals surface area (Å²) < 4.78 is 20.7. The molecule has 1 saturated heterocycles. The monoisotopic (exact) mass is 477 g/mol. The van der Waals surface area contributed by atoms with Gasteiger partial charge in [-0.1, -0.05) is 11.6 Å². The van der Waals surface area contributed by atoms with E-state index in [2.05, 4.69) is 10.1 Å². The molecule has 11 nitrogen and oxygen atoms in total. The van der Waals surface area contributed by atoms with E-state index in [1.165, 1.54) is 37.5 Å². The predicted molar refractivity (Wildman–Crippen MR) is 114 cm³/mol. The zero-order chi connectivity index (χ0) is 24.1. The van der Waals surface area contributed by atoms with Gasteiger partial charge in [-0.2, -0.15) is 0 Å². The van der Waals surface area contributed by atoms with Crippen LogP contribution in [0.15, 0.2) is 34.4 Å². The first kappa shape index (κ1) is 23.7. The van der Waals surface area contributed by atoms with E-state index >= 15 is 0 Å². The molecule has 12 heteroatoms. The van der Waals surface area contributed by atoms with Crippen molar-refractivity contribution in [3.05, 3.63) is 52.1 Å². The highest BCUT2D eigenvalue weighted by Crippen LogP contribution is 2.37. The van der Waals surface area contributed by atoms with Crippen molar-refractivity contribution in [3.8, 4) is 11.5 Å². The van der Waals surface area contributed by atoms with Gasteiger partial charge in [0.2, 0.25) is 5.76 Å². The number of halogens is 1. The van der Waals surface area contributed by atoms with E-state index in [4.69, 9.17) is 31.2 Å². The first-order valence-corrected chi connectivity index (χ1v) is 10.00. The number of furan rings is 1. The van der Waals surface area contributed by atoms with Crippen molar-refractivity contribution in [2.24, 2.45) is 5.73 Å². The van der Waals surface area contributed by atoms with E-state index in [9.17, 15) is 19.2 Å². The van der Waals surface area contributed by atoms with E-state index in [0.717, 1.165) is 4.90 Å². The Hall–Kier alpha value is -3.99. The number of hydrogen-bond donors (Lipinski definition) is 2. The molecular weight excluding hydrogens is 458 g/mol. The molecule has 2 aromatic rings. The van der Waals surface area contributed by atoms with Crippen LogP contribution in [-0.4, -0.2) is 49.0 Å². The van der Waals surface area contributed by atoms with Crippen LogP contribution >= 0.6 is 11.6 Å². The van der Waals surface area contributed by atoms with Crippen LogP contribution in [0, 0.1) is 0 Å². The molecule has 33 heavy (non-hydrogen) atoms. The zero-order valence-electron chi connectivity index (χ0n) is 17.7. The number of carbonyl (C=O) groups is 4. The van der Waals surface area contributed by atoms with Crippen molar-refractivity contribution >= 4 is 41.5 Å². The molecular formula is C21H20ClN3O8. The third-order valence-electron chi connectivity index (χ3n) is 4.33. The molecule has 0 aliphatic carbocycles. The molecule has 0 spiro atoms. The molecule has 0 unspecified atom stereocenters. The van der Waals surface area contributed by atoms with Gasteiger partial charge in [0.1, 0.15) is 11.5 Å². The van der Waals surface area contributed by atoms with Gasteiger partial charge in [0, 0.05) is 0 Å². The Morgan fingerprint density at radius 3 is 2.67 bits per heavy atom. The first-order chi connectivity index (χ1) is 15.7. The van der Waals surface area contributed by atoms with Crippen molar-refractivity contribution in [2.75, 3.05) is 20.3 Å². The number of ether oxygens (including phenoxy) is 3. The number of nitrogens with one attached hydrogen (secondary N) is 1. The summed E-state index contributed by atoms with van der Waals surface area (Å²) in [6.45, 7) is 1.44. The number of benzene rings is 1. The Labute approximate surface area is 193 Å². The van der Waals surface area contributed by atoms with Gasteiger partial charge in [0.05, 0.1) is 25.3 Å². The quantitative estimate of drug-likeness (QED) is 0.316. The Bertz CT molecular complexity index is 1140. The molecule has 1 aromatic carbocycles. The number of amides is 4. The highest BCUT2D eigenvalue weighted by molar-refractivity contribution is 6.32. The average Bonchev–Trinajstić information content (AvgIpc) is 3.33. The van der Waals surface area contributed by atoms with Crippen molar-refractivity contribution in [1.82, 2.24) is 10.2 Å². The fourth-order valence-electron chi connectivity index (χ4n) is 2.93. The summed E-state index contributed by atoms with van der Waals surface area (Å²) in [5, 5.41) is 2.60. The number of urea groups is 1. The predicted octanol–water partition coefficient (Wildman–Crippen LogP) is 2.08. The van der Waals surface area contributed by atoms with Crippen LogP contribution in [0.3, 0.4) is 0 Å². The lowest BCUT2D eigenvalue weighted by molar-refractivity contribution is -0.123. The summed E-state index contributed by atoms with van der Waals surface area (Å²) in [5.41, 5.74) is 5.53. The highest BCUT2D eigenvalue weighted by atomic mass is 35.5. The Balaban J connectivity index is 1.82. The van der Waals surface area contributed by atoms with E-state index in [-0.39, 0.29) is 46.9 Å². The van der Waals surface area contributed by atoms with Crippen molar-refractivity contribution < 1.29 is 37.8 Å². The largest absolute Gasteiger partial charge is 0.490 e. The van der Waals surface area contributed by atoms with Crippen LogP contribution in [0.2, 0.25) is 5.02 Å². The summed E-state index contributed by atoms with van der Waals surface area (Å²) >= 11 is 6.26. The van der Waals surface area contributed by atoms with E-state index in [1.807, 2.05) is 0 Å². The standard InChI is InChI=1S/C21H20ClN3O8/c1-3-31-16-8-11(6-13(22)18(16)32-10-17(23)26)7-14-19(27)25(21(29)24-14)9-12-4-5-15(33-12)20(28)30-2/h4-8H,3,9-10H2,1-2H3,(H2,23,26)(H,24,29). The maximum Gasteiger partial charge on any atom is 0.373 e. The van der Waals surface area contributed by atoms with Crippen molar-refractivity contribution in [3.63, 3.8) is 0 Å². The summed E-state index contributed by atoms with van der Waals surface area (Å²) in [6.07, 6.45) is 1.41. The average molecular weight is 478 g/mol. The van der Waals surface area contributed by atoms with Gasteiger partial charge >= 0.3 is 12.0 Å². The molecule has 174 valence electrons. The van der Waals surface area contributed by atoms with Gasteiger partial charge in [-0.25, -0.2) is 9.59 Å². The van der Waals surface area contributed by atoms with Crippen LogP contribution in [0.25, 0.3) is 6.08 Å². The van der Waals surface area contributed by atoms with Gasteiger partial charge in [-0.05, 0) is 42.8 Å². The Kier molecular flexibility index (Phi) is 7.23. The molecule has 1 fully saturated rings. The molecule has 1 aromatic heterocycles. The molecule has 1 aliphatic heterocycles. The lowest BCUT2D eigenvalue weighted by atomic mass is 10.1. The molecule has 3 N–H and O–H groups in total. The molecule has 3 rings (SSSR count). The Morgan fingerprint density at radius 1 is 1.24 bits per heavy atom. The zero-order valence-corrected chi connectivity index (χ0v) is 18.4. The number of primary amides is 1. The fraction of sp³-hybridized carbons (Fsp3) is 0.238. The first-order valence-electron chi connectivity index (χ1n) is 9.62. The molecule has 2 heterocycles. The van der Waals surface area contributed by atoms with E-state index in [1.54, 1.807) is 6.92 Å². The number of methoxy groups -OCH3 is 1. The summed E-state index contributed by atoms with van der Waals surface area (Å²) in [5.74, 6) is -1.44. The normalized spacial score (nSPS) is 14.4. The second-order valence-corrected chi connectivity index (χ2v) is 7.06. The summed E-state index contributed by atoms with van der Waals surface area (Å²) in [6, 6.07) is 5.20. The van der Waals surface area contributed by atoms with Crippen molar-refractivity contribution in [1.29, 1.82) is 0 Å². The van der Waals surface area contributed by atoms with Crippen LogP contribution in [0.5, 0.6) is 11.5 Å². The number of hydrogen-bond acceptors (Lipinski definition) is 8.